The lowest BCUT2D eigenvalue weighted by atomic mass is 10.2. The number of ether oxygens (including phenoxy) is 1. The Morgan fingerprint density at radius 3 is 2.56 bits per heavy atom. The van der Waals surface area contributed by atoms with Crippen LogP contribution in [-0.4, -0.2) is 57.2 Å². The fourth-order valence-electron chi connectivity index (χ4n) is 3.27. The van der Waals surface area contributed by atoms with Crippen LogP contribution in [0.2, 0.25) is 0 Å². The maximum Gasteiger partial charge on any atom is 0.252 e. The van der Waals surface area contributed by atoms with Gasteiger partial charge in [-0.05, 0) is 59.2 Å². The largest absolute Gasteiger partial charge is 0.497 e. The molecule has 0 spiro atoms. The number of anilines is 1. The highest BCUT2D eigenvalue weighted by molar-refractivity contribution is 9.10. The number of carbonyl (C=O) groups excluding carboxylic acids is 1. The molecule has 0 saturated carbocycles. The Balaban J connectivity index is 1.38. The molecule has 144 valence electrons. The molecular formula is C21H26BrN3O2. The summed E-state index contributed by atoms with van der Waals surface area (Å²) in [6.07, 6.45) is 0.943. The topological polar surface area (TPSA) is 44.8 Å². The second-order valence-electron chi connectivity index (χ2n) is 6.62. The molecule has 0 aromatic heterocycles. The van der Waals surface area contributed by atoms with Crippen molar-refractivity contribution in [2.75, 3.05) is 51.3 Å². The molecule has 0 atom stereocenters. The molecule has 0 radical (unpaired) electrons. The smallest absolute Gasteiger partial charge is 0.252 e. The molecule has 3 rings (SSSR count). The Labute approximate surface area is 169 Å². The van der Waals surface area contributed by atoms with Crippen LogP contribution in [0.25, 0.3) is 0 Å². The maximum atomic E-state index is 12.4. The minimum absolute atomic E-state index is 0.0744. The van der Waals surface area contributed by atoms with Gasteiger partial charge in [0.15, 0.2) is 0 Å². The van der Waals surface area contributed by atoms with Crippen molar-refractivity contribution >= 4 is 27.5 Å². The number of para-hydroxylation sites is 1. The van der Waals surface area contributed by atoms with Crippen LogP contribution in [0.1, 0.15) is 16.8 Å². The lowest BCUT2D eigenvalue weighted by molar-refractivity contribution is 0.0950. The van der Waals surface area contributed by atoms with Crippen molar-refractivity contribution in [3.8, 4) is 5.75 Å². The van der Waals surface area contributed by atoms with Crippen molar-refractivity contribution in [2.24, 2.45) is 0 Å². The van der Waals surface area contributed by atoms with Crippen molar-refractivity contribution in [3.05, 3.63) is 58.6 Å². The van der Waals surface area contributed by atoms with E-state index in [-0.39, 0.29) is 5.91 Å². The molecule has 1 saturated heterocycles. The lowest BCUT2D eigenvalue weighted by Gasteiger charge is -2.36. The third kappa shape index (κ3) is 5.47. The van der Waals surface area contributed by atoms with Crippen molar-refractivity contribution in [1.29, 1.82) is 0 Å². The van der Waals surface area contributed by atoms with Crippen LogP contribution in [-0.2, 0) is 0 Å². The van der Waals surface area contributed by atoms with Crippen LogP contribution in [0, 0.1) is 0 Å². The third-order valence-corrected chi connectivity index (χ3v) is 5.54. The number of nitrogens with zero attached hydrogens (tertiary/aromatic N) is 2. The summed E-state index contributed by atoms with van der Waals surface area (Å²) in [6, 6.07) is 16.0. The van der Waals surface area contributed by atoms with Crippen molar-refractivity contribution in [2.45, 2.75) is 6.42 Å². The maximum absolute atomic E-state index is 12.4. The van der Waals surface area contributed by atoms with E-state index < -0.39 is 0 Å². The van der Waals surface area contributed by atoms with Gasteiger partial charge in [0.05, 0.1) is 12.7 Å². The van der Waals surface area contributed by atoms with E-state index in [1.165, 1.54) is 5.69 Å². The minimum atomic E-state index is -0.0744. The van der Waals surface area contributed by atoms with E-state index in [9.17, 15) is 4.79 Å². The van der Waals surface area contributed by atoms with E-state index in [0.717, 1.165) is 43.6 Å². The first-order valence-corrected chi connectivity index (χ1v) is 10.1. The third-order valence-electron chi connectivity index (χ3n) is 4.85. The molecule has 1 fully saturated rings. The van der Waals surface area contributed by atoms with E-state index in [4.69, 9.17) is 4.74 Å². The van der Waals surface area contributed by atoms with Gasteiger partial charge in [0, 0.05) is 42.9 Å². The number of amides is 1. The summed E-state index contributed by atoms with van der Waals surface area (Å²) >= 11 is 3.43. The van der Waals surface area contributed by atoms with Crippen LogP contribution in [0.3, 0.4) is 0 Å². The first kappa shape index (κ1) is 19.7. The van der Waals surface area contributed by atoms with Gasteiger partial charge in [-0.3, -0.25) is 9.69 Å². The zero-order chi connectivity index (χ0) is 19.1. The normalized spacial score (nSPS) is 14.8. The Kier molecular flexibility index (Phi) is 7.12. The van der Waals surface area contributed by atoms with Gasteiger partial charge in [0.2, 0.25) is 0 Å². The fourth-order valence-corrected chi connectivity index (χ4v) is 3.70. The van der Waals surface area contributed by atoms with E-state index in [1.807, 2.05) is 12.1 Å². The van der Waals surface area contributed by atoms with Crippen LogP contribution < -0.4 is 15.0 Å². The van der Waals surface area contributed by atoms with Gasteiger partial charge in [0.25, 0.3) is 5.91 Å². The highest BCUT2D eigenvalue weighted by Gasteiger charge is 2.17. The number of piperazine rings is 1. The molecule has 0 bridgehead atoms. The summed E-state index contributed by atoms with van der Waals surface area (Å²) < 4.78 is 5.97. The number of hydrogen-bond acceptors (Lipinski definition) is 4. The minimum Gasteiger partial charge on any atom is -0.497 e. The standard InChI is InChI=1S/C21H26BrN3O2/c1-27-18-8-9-20(22)19(16-18)21(26)23-10-5-11-24-12-14-25(15-13-24)17-6-3-2-4-7-17/h2-4,6-9,16H,5,10-15H2,1H3,(H,23,26). The number of benzene rings is 2. The molecule has 6 heteroatoms. The summed E-state index contributed by atoms with van der Waals surface area (Å²) in [5.74, 6) is 0.606. The van der Waals surface area contributed by atoms with E-state index in [2.05, 4.69) is 61.4 Å². The highest BCUT2D eigenvalue weighted by Crippen LogP contribution is 2.22. The first-order chi connectivity index (χ1) is 13.2. The number of carbonyl (C=O) groups is 1. The van der Waals surface area contributed by atoms with E-state index in [0.29, 0.717) is 17.9 Å². The molecule has 0 unspecified atom stereocenters. The monoisotopic (exact) mass is 431 g/mol. The molecule has 1 amide bonds. The van der Waals surface area contributed by atoms with Gasteiger partial charge in [-0.1, -0.05) is 18.2 Å². The molecular weight excluding hydrogens is 406 g/mol. The SMILES string of the molecule is COc1ccc(Br)c(C(=O)NCCCN2CCN(c3ccccc3)CC2)c1. The van der Waals surface area contributed by atoms with Crippen molar-refractivity contribution in [1.82, 2.24) is 10.2 Å². The summed E-state index contributed by atoms with van der Waals surface area (Å²) in [5, 5.41) is 3.00. The quantitative estimate of drug-likeness (QED) is 0.682. The van der Waals surface area contributed by atoms with Gasteiger partial charge >= 0.3 is 0 Å². The molecule has 1 aliphatic heterocycles. The summed E-state index contributed by atoms with van der Waals surface area (Å²) in [4.78, 5) is 17.3. The van der Waals surface area contributed by atoms with Gasteiger partial charge < -0.3 is 15.0 Å². The summed E-state index contributed by atoms with van der Waals surface area (Å²) in [6.45, 7) is 5.89. The molecule has 1 N–H and O–H groups in total. The van der Waals surface area contributed by atoms with Gasteiger partial charge in [-0.15, -0.1) is 0 Å². The number of methoxy groups -OCH3 is 1. The number of rotatable bonds is 7. The molecule has 0 aliphatic carbocycles. The first-order valence-electron chi connectivity index (χ1n) is 9.31. The van der Waals surface area contributed by atoms with Crippen LogP contribution in [0.15, 0.2) is 53.0 Å². The summed E-state index contributed by atoms with van der Waals surface area (Å²) in [7, 11) is 1.60. The van der Waals surface area contributed by atoms with Crippen LogP contribution in [0.4, 0.5) is 5.69 Å². The predicted octanol–water partition coefficient (Wildman–Crippen LogP) is 3.40. The Morgan fingerprint density at radius 1 is 1.11 bits per heavy atom. The van der Waals surface area contributed by atoms with Crippen LogP contribution >= 0.6 is 15.9 Å². The summed E-state index contributed by atoms with van der Waals surface area (Å²) in [5.41, 5.74) is 1.90. The van der Waals surface area contributed by atoms with E-state index >= 15 is 0 Å². The lowest BCUT2D eigenvalue weighted by Crippen LogP contribution is -2.47. The van der Waals surface area contributed by atoms with Gasteiger partial charge in [0.1, 0.15) is 5.75 Å². The molecule has 27 heavy (non-hydrogen) atoms. The van der Waals surface area contributed by atoms with E-state index in [1.54, 1.807) is 13.2 Å². The predicted molar refractivity (Wildman–Crippen MR) is 113 cm³/mol. The van der Waals surface area contributed by atoms with Crippen molar-refractivity contribution in [3.63, 3.8) is 0 Å². The number of hydrogen-bond donors (Lipinski definition) is 1. The molecule has 5 nitrogen and oxygen atoms in total. The second-order valence-corrected chi connectivity index (χ2v) is 7.47. The average molecular weight is 432 g/mol. The zero-order valence-electron chi connectivity index (χ0n) is 15.7. The second kappa shape index (κ2) is 9.76. The van der Waals surface area contributed by atoms with Crippen LogP contribution in [0.5, 0.6) is 5.75 Å². The molecule has 2 aromatic carbocycles. The number of nitrogens with one attached hydrogen (secondary N) is 1. The fraction of sp³-hybridized carbons (Fsp3) is 0.381. The molecule has 1 aliphatic rings. The van der Waals surface area contributed by atoms with Gasteiger partial charge in [-0.2, -0.15) is 0 Å². The Hall–Kier alpha value is -2.05. The van der Waals surface area contributed by atoms with Crippen molar-refractivity contribution < 1.29 is 9.53 Å². The average Bonchev–Trinajstić information content (AvgIpc) is 2.72. The number of halogens is 1. The zero-order valence-corrected chi connectivity index (χ0v) is 17.2. The highest BCUT2D eigenvalue weighted by atomic mass is 79.9. The molecule has 2 aromatic rings. The Morgan fingerprint density at radius 2 is 1.85 bits per heavy atom. The molecule has 1 heterocycles. The Bertz CT molecular complexity index is 746. The van der Waals surface area contributed by atoms with Gasteiger partial charge in [-0.25, -0.2) is 0 Å².